The van der Waals surface area contributed by atoms with Crippen LogP contribution >= 0.6 is 23.4 Å². The van der Waals surface area contributed by atoms with E-state index in [2.05, 4.69) is 5.10 Å². The summed E-state index contributed by atoms with van der Waals surface area (Å²) < 4.78 is 47.5. The highest BCUT2D eigenvalue weighted by Crippen LogP contribution is 2.36. The number of aromatic nitrogens is 2. The van der Waals surface area contributed by atoms with Crippen LogP contribution in [0.1, 0.15) is 43.9 Å². The van der Waals surface area contributed by atoms with Gasteiger partial charge in [-0.3, -0.25) is 19.2 Å². The van der Waals surface area contributed by atoms with Gasteiger partial charge in [0.2, 0.25) is 0 Å². The van der Waals surface area contributed by atoms with Gasteiger partial charge < -0.3 is 9.64 Å². The number of carbonyl (C=O) groups excluding carboxylic acids is 3. The van der Waals surface area contributed by atoms with E-state index in [-0.39, 0.29) is 39.7 Å². The normalized spacial score (nSPS) is 19.0. The number of likely N-dealkylation sites (tertiary alicyclic amines) is 1. The molecule has 0 saturated carbocycles. The van der Waals surface area contributed by atoms with Gasteiger partial charge in [-0.1, -0.05) is 23.7 Å². The number of hydrogen-bond acceptors (Lipinski definition) is 6. The molecular formula is C29H28ClF3N4O4S. The van der Waals surface area contributed by atoms with Crippen molar-refractivity contribution in [2.24, 2.45) is 5.92 Å². The molecule has 2 fully saturated rings. The van der Waals surface area contributed by atoms with Gasteiger partial charge in [-0.2, -0.15) is 18.3 Å². The number of fused-ring (bicyclic) bond motifs is 1. The molecule has 0 N–H and O–H groups in total. The summed E-state index contributed by atoms with van der Waals surface area (Å²) in [5.74, 6) is -0.454. The fourth-order valence-corrected chi connectivity index (χ4v) is 5.99. The third-order valence-corrected chi connectivity index (χ3v) is 8.06. The first kappa shape index (κ1) is 30.0. The zero-order valence-electron chi connectivity index (χ0n) is 23.1. The summed E-state index contributed by atoms with van der Waals surface area (Å²) in [7, 11) is 0. The Morgan fingerprint density at radius 2 is 1.93 bits per heavy atom. The first-order chi connectivity index (χ1) is 19.7. The molecule has 1 atom stereocenters. The van der Waals surface area contributed by atoms with Crippen LogP contribution in [0.2, 0.25) is 5.02 Å². The fraction of sp³-hybridized carbons (Fsp3) is 0.379. The van der Waals surface area contributed by atoms with Gasteiger partial charge in [-0.25, -0.2) is 4.79 Å². The van der Waals surface area contributed by atoms with Crippen molar-refractivity contribution in [3.63, 3.8) is 0 Å². The number of carbonyl (C=O) groups is 3. The van der Waals surface area contributed by atoms with Crippen LogP contribution in [0.3, 0.4) is 0 Å². The first-order valence-electron chi connectivity index (χ1n) is 13.2. The molecule has 1 aromatic heterocycles. The molecule has 0 aliphatic carbocycles. The third-order valence-electron chi connectivity index (χ3n) is 6.91. The molecule has 2 aliphatic rings. The number of halogens is 4. The van der Waals surface area contributed by atoms with Gasteiger partial charge in [0, 0.05) is 30.0 Å². The van der Waals surface area contributed by atoms with Crippen molar-refractivity contribution in [1.29, 1.82) is 0 Å². The quantitative estimate of drug-likeness (QED) is 0.284. The van der Waals surface area contributed by atoms with Crippen molar-refractivity contribution in [2.75, 3.05) is 19.6 Å². The summed E-state index contributed by atoms with van der Waals surface area (Å²) in [6.07, 6.45) is -1.16. The van der Waals surface area contributed by atoms with Gasteiger partial charge in [0.25, 0.3) is 11.1 Å². The van der Waals surface area contributed by atoms with Crippen LogP contribution in [-0.2, 0) is 22.3 Å². The first-order valence-corrected chi connectivity index (χ1v) is 14.4. The maximum atomic E-state index is 13.5. The van der Waals surface area contributed by atoms with Gasteiger partial charge in [0.1, 0.15) is 5.60 Å². The zero-order chi connectivity index (χ0) is 30.4. The lowest BCUT2D eigenvalue weighted by Crippen LogP contribution is -2.37. The second-order valence-corrected chi connectivity index (χ2v) is 12.7. The highest BCUT2D eigenvalue weighted by atomic mass is 35.5. The van der Waals surface area contributed by atoms with Gasteiger partial charge in [0.15, 0.2) is 0 Å². The van der Waals surface area contributed by atoms with Crippen molar-refractivity contribution in [1.82, 2.24) is 19.6 Å². The summed E-state index contributed by atoms with van der Waals surface area (Å²) in [6.45, 7) is 6.37. The predicted molar refractivity (Wildman–Crippen MR) is 154 cm³/mol. The number of ether oxygens (including phenoxy) is 1. The van der Waals surface area contributed by atoms with Crippen LogP contribution in [0.25, 0.3) is 17.0 Å². The van der Waals surface area contributed by atoms with E-state index >= 15 is 0 Å². The van der Waals surface area contributed by atoms with Gasteiger partial charge in [0.05, 0.1) is 28.7 Å². The standard InChI is InChI=1S/C29H28ClF3N4O4S/c1-28(2,3)41-26(39)35-9-8-18(14-35)15-36-25(38)24(42-27(36)40)11-17-4-7-23-20(10-17)13-34-37(23)16-19-5-6-21(30)12-22(19)29(31,32)33/h4-7,10-13,18H,8-9,14-16H2,1-3H3/b24-11-/t18-/m1/s1. The van der Waals surface area contributed by atoms with Crippen LogP contribution in [0.4, 0.5) is 22.8 Å². The van der Waals surface area contributed by atoms with E-state index in [4.69, 9.17) is 16.3 Å². The smallest absolute Gasteiger partial charge is 0.416 e. The summed E-state index contributed by atoms with van der Waals surface area (Å²) in [5.41, 5.74) is -0.139. The number of amides is 3. The monoisotopic (exact) mass is 620 g/mol. The van der Waals surface area contributed by atoms with E-state index in [1.54, 1.807) is 49.9 Å². The van der Waals surface area contributed by atoms with E-state index in [0.717, 1.165) is 17.8 Å². The Balaban J connectivity index is 1.27. The maximum absolute atomic E-state index is 13.5. The second-order valence-electron chi connectivity index (χ2n) is 11.3. The van der Waals surface area contributed by atoms with E-state index < -0.39 is 29.3 Å². The zero-order valence-corrected chi connectivity index (χ0v) is 24.6. The average Bonchev–Trinajstić information content (AvgIpc) is 3.59. The number of alkyl halides is 3. The molecule has 42 heavy (non-hydrogen) atoms. The molecule has 0 unspecified atom stereocenters. The molecule has 8 nitrogen and oxygen atoms in total. The lowest BCUT2D eigenvalue weighted by molar-refractivity contribution is -0.138. The Bertz CT molecular complexity index is 1600. The highest BCUT2D eigenvalue weighted by Gasteiger charge is 2.39. The van der Waals surface area contributed by atoms with Gasteiger partial charge in [-0.15, -0.1) is 0 Å². The number of thioether (sulfide) groups is 1. The van der Waals surface area contributed by atoms with Crippen molar-refractivity contribution >= 4 is 57.6 Å². The van der Waals surface area contributed by atoms with Crippen LogP contribution in [-0.4, -0.2) is 62.1 Å². The largest absolute Gasteiger partial charge is 0.444 e. The van der Waals surface area contributed by atoms with Crippen molar-refractivity contribution in [2.45, 2.75) is 45.5 Å². The fourth-order valence-electron chi connectivity index (χ4n) is 4.97. The Hall–Kier alpha value is -3.51. The minimum Gasteiger partial charge on any atom is -0.444 e. The number of benzene rings is 2. The average molecular weight is 621 g/mol. The lowest BCUT2D eigenvalue weighted by Gasteiger charge is -2.24. The molecule has 3 aromatic rings. The summed E-state index contributed by atoms with van der Waals surface area (Å²) in [4.78, 5) is 41.3. The van der Waals surface area contributed by atoms with E-state index in [0.29, 0.717) is 36.0 Å². The van der Waals surface area contributed by atoms with E-state index in [1.807, 2.05) is 0 Å². The molecule has 5 rings (SSSR count). The molecule has 3 heterocycles. The number of nitrogens with zero attached hydrogens (tertiary/aromatic N) is 4. The summed E-state index contributed by atoms with van der Waals surface area (Å²) in [5, 5.41) is 4.55. The third kappa shape index (κ3) is 6.59. The van der Waals surface area contributed by atoms with E-state index in [9.17, 15) is 27.6 Å². The Morgan fingerprint density at radius 3 is 2.64 bits per heavy atom. The molecule has 2 aliphatic heterocycles. The van der Waals surface area contributed by atoms with Gasteiger partial charge in [-0.05, 0) is 86.3 Å². The van der Waals surface area contributed by atoms with Crippen LogP contribution in [0.15, 0.2) is 47.5 Å². The second kappa shape index (κ2) is 11.3. The number of rotatable bonds is 5. The Kier molecular flexibility index (Phi) is 8.06. The molecule has 0 radical (unpaired) electrons. The minimum atomic E-state index is -4.56. The van der Waals surface area contributed by atoms with E-state index in [1.165, 1.54) is 27.9 Å². The molecule has 2 saturated heterocycles. The number of hydrogen-bond donors (Lipinski definition) is 0. The Morgan fingerprint density at radius 1 is 1.17 bits per heavy atom. The lowest BCUT2D eigenvalue weighted by atomic mass is 10.1. The minimum absolute atomic E-state index is 0.00327. The van der Waals surface area contributed by atoms with Crippen molar-refractivity contribution in [3.8, 4) is 0 Å². The predicted octanol–water partition coefficient (Wildman–Crippen LogP) is 7.05. The molecule has 222 valence electrons. The molecule has 2 aromatic carbocycles. The summed E-state index contributed by atoms with van der Waals surface area (Å²) in [6, 6.07) is 8.84. The summed E-state index contributed by atoms with van der Waals surface area (Å²) >= 11 is 6.64. The maximum Gasteiger partial charge on any atom is 0.416 e. The van der Waals surface area contributed by atoms with Crippen LogP contribution < -0.4 is 0 Å². The molecule has 0 spiro atoms. The van der Waals surface area contributed by atoms with Gasteiger partial charge >= 0.3 is 12.3 Å². The topological polar surface area (TPSA) is 84.7 Å². The molecular weight excluding hydrogens is 593 g/mol. The van der Waals surface area contributed by atoms with Crippen molar-refractivity contribution in [3.05, 3.63) is 69.2 Å². The Labute approximate surface area is 249 Å². The molecule has 13 heteroatoms. The SMILES string of the molecule is CC(C)(C)OC(=O)N1CC[C@@H](CN2C(=O)S/C(=C\c3ccc4c(cnn4Cc4ccc(Cl)cc4C(F)(F)F)c3)C2=O)C1. The van der Waals surface area contributed by atoms with Crippen molar-refractivity contribution < 1.29 is 32.3 Å². The molecule has 3 amide bonds. The number of imide groups is 1. The van der Waals surface area contributed by atoms with Crippen LogP contribution in [0, 0.1) is 5.92 Å². The highest BCUT2D eigenvalue weighted by molar-refractivity contribution is 8.18. The van der Waals surface area contributed by atoms with Crippen LogP contribution in [0.5, 0.6) is 0 Å². The molecule has 0 bridgehead atoms.